The van der Waals surface area contributed by atoms with Gasteiger partial charge in [0.1, 0.15) is 0 Å². The van der Waals surface area contributed by atoms with Crippen molar-refractivity contribution < 1.29 is 24.0 Å². The van der Waals surface area contributed by atoms with Gasteiger partial charge in [0.15, 0.2) is 6.29 Å². The lowest BCUT2D eigenvalue weighted by Crippen LogP contribution is -2.30. The molecule has 0 saturated carbocycles. The van der Waals surface area contributed by atoms with Gasteiger partial charge in [-0.1, -0.05) is 69.4 Å². The van der Waals surface area contributed by atoms with Crippen molar-refractivity contribution in [1.29, 1.82) is 0 Å². The first-order valence-corrected chi connectivity index (χ1v) is 11.0. The van der Waals surface area contributed by atoms with Gasteiger partial charge in [-0.3, -0.25) is 0 Å². The summed E-state index contributed by atoms with van der Waals surface area (Å²) in [6.07, 6.45) is 7.37. The van der Waals surface area contributed by atoms with Crippen LogP contribution in [0.15, 0.2) is 30.3 Å². The molecule has 0 aromatic heterocycles. The van der Waals surface area contributed by atoms with Gasteiger partial charge in [-0.05, 0) is 32.8 Å². The predicted molar refractivity (Wildman–Crippen MR) is 117 cm³/mol. The molecule has 0 aliphatic heterocycles. The van der Waals surface area contributed by atoms with E-state index < -0.39 is 11.9 Å². The fourth-order valence-electron chi connectivity index (χ4n) is 2.84. The Morgan fingerprint density at radius 3 is 2.28 bits per heavy atom. The molecule has 0 spiro atoms. The number of unbranched alkanes of at least 4 members (excludes halogenated alkanes) is 4. The second kappa shape index (κ2) is 15.8. The Balaban J connectivity index is 2.62. The van der Waals surface area contributed by atoms with E-state index in [1.165, 1.54) is 31.2 Å². The van der Waals surface area contributed by atoms with E-state index in [9.17, 15) is 0 Å². The molecule has 5 heteroatoms. The molecule has 0 radical (unpaired) electrons. The molecule has 0 saturated heterocycles. The van der Waals surface area contributed by atoms with Gasteiger partial charge in [0.05, 0.1) is 31.5 Å². The van der Waals surface area contributed by atoms with E-state index in [2.05, 4.69) is 19.1 Å². The first kappa shape index (κ1) is 26.1. The molecule has 1 aromatic rings. The zero-order chi connectivity index (χ0) is 21.4. The molecule has 168 valence electrons. The van der Waals surface area contributed by atoms with E-state index in [1.807, 2.05) is 39.0 Å². The number of benzene rings is 1. The average molecular weight is 411 g/mol. The third-order valence-electron chi connectivity index (χ3n) is 4.41. The number of methoxy groups -OCH3 is 1. The first-order chi connectivity index (χ1) is 13.9. The van der Waals surface area contributed by atoms with Gasteiger partial charge in [0.25, 0.3) is 0 Å². The van der Waals surface area contributed by atoms with Gasteiger partial charge in [0, 0.05) is 13.5 Å². The van der Waals surface area contributed by atoms with Gasteiger partial charge in [-0.15, -0.1) is 0 Å². The second-order valence-corrected chi connectivity index (χ2v) is 8.44. The predicted octanol–water partition coefficient (Wildman–Crippen LogP) is 6.06. The van der Waals surface area contributed by atoms with Crippen molar-refractivity contribution >= 4 is 0 Å². The summed E-state index contributed by atoms with van der Waals surface area (Å²) in [5.74, 6) is 0. The van der Waals surface area contributed by atoms with E-state index in [-0.39, 0.29) is 6.10 Å². The molecule has 0 heterocycles. The van der Waals surface area contributed by atoms with Crippen LogP contribution in [0.4, 0.5) is 0 Å². The Bertz CT molecular complexity index is 486. The van der Waals surface area contributed by atoms with Crippen LogP contribution >= 0.6 is 0 Å². The summed E-state index contributed by atoms with van der Waals surface area (Å²) in [4.78, 5) is 11.1. The van der Waals surface area contributed by atoms with Crippen LogP contribution in [0.2, 0.25) is 0 Å². The maximum atomic E-state index is 6.26. The molecule has 1 aromatic carbocycles. The second-order valence-electron chi connectivity index (χ2n) is 8.44. The summed E-state index contributed by atoms with van der Waals surface area (Å²) in [5.41, 5.74) is 0.774. The van der Waals surface area contributed by atoms with Crippen LogP contribution in [0.1, 0.15) is 78.2 Å². The average Bonchev–Trinajstić information content (AvgIpc) is 2.70. The molecular formula is C24H42O5. The zero-order valence-corrected chi connectivity index (χ0v) is 19.2. The molecular weight excluding hydrogens is 368 g/mol. The molecule has 0 bridgehead atoms. The Morgan fingerprint density at radius 2 is 1.62 bits per heavy atom. The molecule has 1 rings (SSSR count). The van der Waals surface area contributed by atoms with Gasteiger partial charge in [0.2, 0.25) is 0 Å². The summed E-state index contributed by atoms with van der Waals surface area (Å²) >= 11 is 0. The van der Waals surface area contributed by atoms with E-state index in [0.29, 0.717) is 26.2 Å². The van der Waals surface area contributed by atoms with Crippen molar-refractivity contribution in [2.24, 2.45) is 0 Å². The van der Waals surface area contributed by atoms with E-state index in [0.717, 1.165) is 12.8 Å². The molecule has 0 aliphatic rings. The third-order valence-corrected chi connectivity index (χ3v) is 4.41. The molecule has 29 heavy (non-hydrogen) atoms. The summed E-state index contributed by atoms with van der Waals surface area (Å²) in [6, 6.07) is 10.3. The van der Waals surface area contributed by atoms with Crippen molar-refractivity contribution in [3.63, 3.8) is 0 Å². The summed E-state index contributed by atoms with van der Waals surface area (Å²) in [7, 11) is 1.66. The number of hydrogen-bond acceptors (Lipinski definition) is 5. The smallest absolute Gasteiger partial charge is 0.193 e. The van der Waals surface area contributed by atoms with E-state index in [4.69, 9.17) is 24.0 Å². The monoisotopic (exact) mass is 410 g/mol. The minimum Gasteiger partial charge on any atom is -0.382 e. The molecule has 0 N–H and O–H groups in total. The van der Waals surface area contributed by atoms with Crippen LogP contribution in [0.25, 0.3) is 0 Å². The Hall–Kier alpha value is -0.980. The molecule has 0 fully saturated rings. The number of rotatable bonds is 17. The highest BCUT2D eigenvalue weighted by Crippen LogP contribution is 2.20. The van der Waals surface area contributed by atoms with Crippen LogP contribution in [-0.4, -0.2) is 38.3 Å². The summed E-state index contributed by atoms with van der Waals surface area (Å²) in [6.45, 7) is 9.66. The lowest BCUT2D eigenvalue weighted by Gasteiger charge is -2.26. The van der Waals surface area contributed by atoms with E-state index in [1.54, 1.807) is 7.11 Å². The number of hydrogen-bond donors (Lipinski definition) is 0. The lowest BCUT2D eigenvalue weighted by molar-refractivity contribution is -0.419. The summed E-state index contributed by atoms with van der Waals surface area (Å²) < 4.78 is 17.2. The molecule has 5 nitrogen and oxygen atoms in total. The topological polar surface area (TPSA) is 46.2 Å². The van der Waals surface area contributed by atoms with Gasteiger partial charge < -0.3 is 14.2 Å². The fraction of sp³-hybridized carbons (Fsp3) is 0.750. The highest BCUT2D eigenvalue weighted by atomic mass is 17.2. The van der Waals surface area contributed by atoms with Gasteiger partial charge >= 0.3 is 0 Å². The van der Waals surface area contributed by atoms with Gasteiger partial charge in [-0.2, -0.15) is 0 Å². The van der Waals surface area contributed by atoms with Crippen LogP contribution in [0.3, 0.4) is 0 Å². The minimum absolute atomic E-state index is 0.0490. The third kappa shape index (κ3) is 14.6. The van der Waals surface area contributed by atoms with Crippen LogP contribution in [0.5, 0.6) is 0 Å². The van der Waals surface area contributed by atoms with Crippen molar-refractivity contribution in [3.8, 4) is 0 Å². The molecule has 2 unspecified atom stereocenters. The molecule has 0 amide bonds. The van der Waals surface area contributed by atoms with Crippen molar-refractivity contribution in [2.45, 2.75) is 97.2 Å². The van der Waals surface area contributed by atoms with Crippen LogP contribution in [-0.2, 0) is 30.6 Å². The van der Waals surface area contributed by atoms with Crippen molar-refractivity contribution in [3.05, 3.63) is 35.9 Å². The van der Waals surface area contributed by atoms with Crippen molar-refractivity contribution in [2.75, 3.05) is 20.3 Å². The highest BCUT2D eigenvalue weighted by Gasteiger charge is 2.22. The summed E-state index contributed by atoms with van der Waals surface area (Å²) in [5, 5.41) is 0. The maximum Gasteiger partial charge on any atom is 0.193 e. The quantitative estimate of drug-likeness (QED) is 0.135. The molecule has 2 atom stereocenters. The molecule has 0 aliphatic carbocycles. The Morgan fingerprint density at radius 1 is 0.897 bits per heavy atom. The minimum atomic E-state index is -0.485. The van der Waals surface area contributed by atoms with Crippen molar-refractivity contribution in [1.82, 2.24) is 0 Å². The Labute approximate surface area is 177 Å². The van der Waals surface area contributed by atoms with Crippen LogP contribution < -0.4 is 0 Å². The van der Waals surface area contributed by atoms with E-state index >= 15 is 0 Å². The highest BCUT2D eigenvalue weighted by molar-refractivity contribution is 5.13. The first-order valence-electron chi connectivity index (χ1n) is 11.0. The Kier molecular flexibility index (Phi) is 14.2. The normalized spacial score (nSPS) is 14.1. The maximum absolute atomic E-state index is 6.26. The van der Waals surface area contributed by atoms with Crippen LogP contribution in [0, 0.1) is 0 Å². The van der Waals surface area contributed by atoms with Gasteiger partial charge in [-0.25, -0.2) is 9.78 Å². The standard InChI is InChI=1S/C24H42O5/c1-6-7-8-9-13-16-22(27-20-21-14-11-10-12-15-21)19-23(26-18-17-25-5)28-29-24(2,3)4/h10-12,14-15,22-23H,6-9,13,16-20H2,1-5H3. The lowest BCUT2D eigenvalue weighted by atomic mass is 10.1. The number of ether oxygens (including phenoxy) is 3. The largest absolute Gasteiger partial charge is 0.382 e. The fourth-order valence-corrected chi connectivity index (χ4v) is 2.84. The zero-order valence-electron chi connectivity index (χ0n) is 19.2. The SMILES string of the molecule is CCCCCCCC(CC(OCCOC)OOC(C)(C)C)OCc1ccccc1.